The lowest BCUT2D eigenvalue weighted by Gasteiger charge is -2.22. The standard InChI is InChI=1S/C17H23N3O4.ClH/c1-2-18-5-6-19-17(22)12-9-16(21)20(11-12)13-3-4-14-15(10-13)24-8-7-23-14;/h3-4,10,12,18H,2,5-9,11H2,1H3,(H,19,22);1H. The second-order valence-corrected chi connectivity index (χ2v) is 5.88. The van der Waals surface area contributed by atoms with Gasteiger partial charge in [-0.2, -0.15) is 0 Å². The first-order chi connectivity index (χ1) is 11.7. The first-order valence-electron chi connectivity index (χ1n) is 8.37. The molecule has 2 amide bonds. The minimum Gasteiger partial charge on any atom is -0.486 e. The zero-order valence-corrected chi connectivity index (χ0v) is 15.1. The Morgan fingerprint density at radius 2 is 2.00 bits per heavy atom. The Labute approximate surface area is 153 Å². The van der Waals surface area contributed by atoms with E-state index in [9.17, 15) is 9.59 Å². The van der Waals surface area contributed by atoms with Crippen LogP contribution in [0.1, 0.15) is 13.3 Å². The number of hydrogen-bond donors (Lipinski definition) is 2. The van der Waals surface area contributed by atoms with Crippen LogP contribution in [0.25, 0.3) is 0 Å². The third kappa shape index (κ3) is 4.55. The van der Waals surface area contributed by atoms with Crippen molar-refractivity contribution < 1.29 is 19.1 Å². The van der Waals surface area contributed by atoms with Crippen LogP contribution in [-0.4, -0.2) is 51.2 Å². The molecule has 1 aromatic carbocycles. The van der Waals surface area contributed by atoms with E-state index in [1.54, 1.807) is 17.0 Å². The van der Waals surface area contributed by atoms with E-state index in [4.69, 9.17) is 9.47 Å². The molecule has 1 unspecified atom stereocenters. The second-order valence-electron chi connectivity index (χ2n) is 5.88. The highest BCUT2D eigenvalue weighted by atomic mass is 35.5. The van der Waals surface area contributed by atoms with Gasteiger partial charge < -0.3 is 25.0 Å². The summed E-state index contributed by atoms with van der Waals surface area (Å²) in [6, 6.07) is 5.44. The maximum atomic E-state index is 12.3. The Balaban J connectivity index is 0.00000225. The fraction of sp³-hybridized carbons (Fsp3) is 0.529. The van der Waals surface area contributed by atoms with Crippen LogP contribution < -0.4 is 25.0 Å². The van der Waals surface area contributed by atoms with E-state index < -0.39 is 0 Å². The van der Waals surface area contributed by atoms with Crippen molar-refractivity contribution in [2.75, 3.05) is 44.3 Å². The normalized spacial score (nSPS) is 18.7. The number of fused-ring (bicyclic) bond motifs is 1. The van der Waals surface area contributed by atoms with Crippen LogP contribution in [0.5, 0.6) is 11.5 Å². The minimum absolute atomic E-state index is 0. The van der Waals surface area contributed by atoms with Crippen molar-refractivity contribution in [2.45, 2.75) is 13.3 Å². The zero-order chi connectivity index (χ0) is 16.9. The molecule has 0 saturated carbocycles. The van der Waals surface area contributed by atoms with E-state index in [-0.39, 0.29) is 36.6 Å². The summed E-state index contributed by atoms with van der Waals surface area (Å²) in [7, 11) is 0. The van der Waals surface area contributed by atoms with Crippen LogP contribution in [0.4, 0.5) is 5.69 Å². The van der Waals surface area contributed by atoms with Crippen LogP contribution in [0.3, 0.4) is 0 Å². The lowest BCUT2D eigenvalue weighted by atomic mass is 10.1. The number of benzene rings is 1. The third-order valence-electron chi connectivity index (χ3n) is 4.18. The van der Waals surface area contributed by atoms with Gasteiger partial charge in [-0.15, -0.1) is 12.4 Å². The van der Waals surface area contributed by atoms with E-state index in [0.717, 1.165) is 18.8 Å². The van der Waals surface area contributed by atoms with E-state index in [1.807, 2.05) is 13.0 Å². The van der Waals surface area contributed by atoms with E-state index >= 15 is 0 Å². The summed E-state index contributed by atoms with van der Waals surface area (Å²) < 4.78 is 11.1. The van der Waals surface area contributed by atoms with Crippen LogP contribution in [0.15, 0.2) is 18.2 Å². The Kier molecular flexibility index (Phi) is 6.90. The molecule has 0 aromatic heterocycles. The molecule has 8 heteroatoms. The molecule has 0 radical (unpaired) electrons. The molecule has 7 nitrogen and oxygen atoms in total. The van der Waals surface area contributed by atoms with E-state index in [1.165, 1.54) is 0 Å². The van der Waals surface area contributed by atoms with Gasteiger partial charge in [0.1, 0.15) is 13.2 Å². The quantitative estimate of drug-likeness (QED) is 0.730. The maximum absolute atomic E-state index is 12.3. The van der Waals surface area contributed by atoms with Gasteiger partial charge >= 0.3 is 0 Å². The number of hydrogen-bond acceptors (Lipinski definition) is 5. The van der Waals surface area contributed by atoms with Gasteiger partial charge in [0.15, 0.2) is 11.5 Å². The molecule has 2 N–H and O–H groups in total. The van der Waals surface area contributed by atoms with Crippen molar-refractivity contribution in [2.24, 2.45) is 5.92 Å². The number of nitrogens with one attached hydrogen (secondary N) is 2. The summed E-state index contributed by atoms with van der Waals surface area (Å²) in [6.45, 7) is 5.62. The highest BCUT2D eigenvalue weighted by Gasteiger charge is 2.35. The molecule has 0 bridgehead atoms. The molecule has 138 valence electrons. The summed E-state index contributed by atoms with van der Waals surface area (Å²) >= 11 is 0. The largest absolute Gasteiger partial charge is 0.486 e. The molecule has 1 atom stereocenters. The lowest BCUT2D eigenvalue weighted by molar-refractivity contribution is -0.126. The fourth-order valence-electron chi connectivity index (χ4n) is 2.93. The molecule has 3 rings (SSSR count). The van der Waals surface area contributed by atoms with Crippen LogP contribution in [-0.2, 0) is 9.59 Å². The predicted molar refractivity (Wildman–Crippen MR) is 96.7 cm³/mol. The molecule has 1 aromatic rings. The molecule has 0 aliphatic carbocycles. The predicted octanol–water partition coefficient (Wildman–Crippen LogP) is 0.958. The number of amides is 2. The molecular formula is C17H24ClN3O4. The van der Waals surface area contributed by atoms with Crippen molar-refractivity contribution >= 4 is 29.9 Å². The van der Waals surface area contributed by atoms with Crippen molar-refractivity contribution in [1.29, 1.82) is 0 Å². The number of carbonyl (C=O) groups excluding carboxylic acids is 2. The van der Waals surface area contributed by atoms with Gasteiger partial charge in [-0.25, -0.2) is 0 Å². The van der Waals surface area contributed by atoms with Gasteiger partial charge in [-0.1, -0.05) is 6.92 Å². The first kappa shape index (κ1) is 19.3. The first-order valence-corrected chi connectivity index (χ1v) is 8.37. The molecule has 1 fully saturated rings. The number of rotatable bonds is 6. The van der Waals surface area contributed by atoms with Crippen molar-refractivity contribution in [1.82, 2.24) is 10.6 Å². The number of anilines is 1. The van der Waals surface area contributed by atoms with Crippen molar-refractivity contribution in [3.63, 3.8) is 0 Å². The van der Waals surface area contributed by atoms with Gasteiger partial charge in [0.05, 0.1) is 5.92 Å². The zero-order valence-electron chi connectivity index (χ0n) is 14.2. The Hall–Kier alpha value is -1.99. The summed E-state index contributed by atoms with van der Waals surface area (Å²) in [6.07, 6.45) is 0.238. The molecule has 2 aliphatic heterocycles. The number of carbonyl (C=O) groups is 2. The average molecular weight is 370 g/mol. The number of halogens is 1. The molecule has 25 heavy (non-hydrogen) atoms. The summed E-state index contributed by atoms with van der Waals surface area (Å²) in [5.74, 6) is 0.909. The summed E-state index contributed by atoms with van der Waals surface area (Å²) in [5, 5.41) is 6.03. The number of likely N-dealkylation sites (N-methyl/N-ethyl adjacent to an activating group) is 1. The third-order valence-corrected chi connectivity index (χ3v) is 4.18. The molecular weight excluding hydrogens is 346 g/mol. The Morgan fingerprint density at radius 3 is 2.76 bits per heavy atom. The smallest absolute Gasteiger partial charge is 0.227 e. The van der Waals surface area contributed by atoms with Gasteiger partial charge in [-0.05, 0) is 18.7 Å². The van der Waals surface area contributed by atoms with E-state index in [0.29, 0.717) is 37.8 Å². The fourth-order valence-corrected chi connectivity index (χ4v) is 2.93. The topological polar surface area (TPSA) is 79.9 Å². The second kappa shape index (κ2) is 8.92. The summed E-state index contributed by atoms with van der Waals surface area (Å²) in [4.78, 5) is 26.1. The molecule has 2 aliphatic rings. The number of ether oxygens (including phenoxy) is 2. The lowest BCUT2D eigenvalue weighted by Crippen LogP contribution is -2.37. The van der Waals surface area contributed by atoms with E-state index in [2.05, 4.69) is 10.6 Å². The highest BCUT2D eigenvalue weighted by Crippen LogP contribution is 2.35. The Bertz CT molecular complexity index is 626. The molecule has 2 heterocycles. The van der Waals surface area contributed by atoms with Crippen LogP contribution in [0.2, 0.25) is 0 Å². The average Bonchev–Trinajstić information content (AvgIpc) is 3.00. The van der Waals surface area contributed by atoms with Crippen LogP contribution in [0, 0.1) is 5.92 Å². The van der Waals surface area contributed by atoms with Gasteiger partial charge in [0, 0.05) is 37.8 Å². The maximum Gasteiger partial charge on any atom is 0.227 e. The minimum atomic E-state index is -0.313. The summed E-state index contributed by atoms with van der Waals surface area (Å²) in [5.41, 5.74) is 0.743. The van der Waals surface area contributed by atoms with Gasteiger partial charge in [0.2, 0.25) is 11.8 Å². The number of nitrogens with zero attached hydrogens (tertiary/aromatic N) is 1. The monoisotopic (exact) mass is 369 g/mol. The van der Waals surface area contributed by atoms with Gasteiger partial charge in [0.25, 0.3) is 0 Å². The molecule has 1 saturated heterocycles. The van der Waals surface area contributed by atoms with Crippen LogP contribution >= 0.6 is 12.4 Å². The highest BCUT2D eigenvalue weighted by molar-refractivity contribution is 6.00. The van der Waals surface area contributed by atoms with Crippen molar-refractivity contribution in [3.8, 4) is 11.5 Å². The Morgan fingerprint density at radius 1 is 1.24 bits per heavy atom. The molecule has 0 spiro atoms. The van der Waals surface area contributed by atoms with Crippen molar-refractivity contribution in [3.05, 3.63) is 18.2 Å². The van der Waals surface area contributed by atoms with Gasteiger partial charge in [-0.3, -0.25) is 9.59 Å². The SMILES string of the molecule is CCNCCNC(=O)C1CC(=O)N(c2ccc3c(c2)OCCO3)C1.Cl.